The monoisotopic (exact) mass is 567 g/mol. The second-order valence-electron chi connectivity index (χ2n) is 9.52. The van der Waals surface area contributed by atoms with Gasteiger partial charge in [-0.1, -0.05) is 55.0 Å². The molecule has 0 heterocycles. The van der Waals surface area contributed by atoms with Crippen LogP contribution in [0.1, 0.15) is 38.3 Å². The third-order valence-electron chi connectivity index (χ3n) is 6.61. The average Bonchev–Trinajstić information content (AvgIpc) is 2.95. The number of hydrogen-bond acceptors (Lipinski definition) is 5. The fraction of sp³-hybridized carbons (Fsp3) is 0.333. The first kappa shape index (κ1) is 30.2. The van der Waals surface area contributed by atoms with Crippen LogP contribution in [0.15, 0.2) is 88.7 Å². The minimum Gasteiger partial charge on any atom is -0.352 e. The van der Waals surface area contributed by atoms with E-state index in [9.17, 15) is 18.0 Å². The van der Waals surface area contributed by atoms with Gasteiger partial charge in [0.15, 0.2) is 0 Å². The van der Waals surface area contributed by atoms with Gasteiger partial charge in [0.25, 0.3) is 10.0 Å². The number of rotatable bonds is 12. The molecule has 0 saturated heterocycles. The number of thioether (sulfide) groups is 1. The number of sulfonamides is 1. The molecule has 0 aliphatic heterocycles. The first-order valence-electron chi connectivity index (χ1n) is 12.9. The molecule has 39 heavy (non-hydrogen) atoms. The molecule has 0 fully saturated rings. The molecule has 1 N–H and O–H groups in total. The zero-order valence-electron chi connectivity index (χ0n) is 23.1. The van der Waals surface area contributed by atoms with E-state index < -0.39 is 28.5 Å². The third kappa shape index (κ3) is 7.86. The van der Waals surface area contributed by atoms with Crippen LogP contribution in [-0.4, -0.2) is 50.0 Å². The number of aryl methyl sites for hydroxylation is 1. The Morgan fingerprint density at radius 2 is 1.54 bits per heavy atom. The first-order valence-corrected chi connectivity index (χ1v) is 15.6. The van der Waals surface area contributed by atoms with Gasteiger partial charge in [-0.3, -0.25) is 13.9 Å². The molecule has 0 aromatic heterocycles. The molecule has 0 aliphatic carbocycles. The lowest BCUT2D eigenvalue weighted by Crippen LogP contribution is -2.52. The maximum Gasteiger partial charge on any atom is 0.264 e. The van der Waals surface area contributed by atoms with E-state index >= 15 is 0 Å². The Morgan fingerprint density at radius 3 is 2.10 bits per heavy atom. The van der Waals surface area contributed by atoms with Crippen molar-refractivity contribution < 1.29 is 18.0 Å². The van der Waals surface area contributed by atoms with Gasteiger partial charge in [0, 0.05) is 17.5 Å². The Bertz CT molecular complexity index is 1350. The van der Waals surface area contributed by atoms with Gasteiger partial charge < -0.3 is 10.2 Å². The SMILES string of the molecule is CC[C@H](C)NC(=O)[C@H](C)N(Cc1ccccc1)C(=O)CN(c1ccc(C)cc1)S(=O)(=O)c1ccc(SC)cc1. The number of benzene rings is 3. The summed E-state index contributed by atoms with van der Waals surface area (Å²) in [7, 11) is -4.09. The van der Waals surface area contributed by atoms with Gasteiger partial charge in [0.2, 0.25) is 11.8 Å². The Morgan fingerprint density at radius 1 is 0.923 bits per heavy atom. The summed E-state index contributed by atoms with van der Waals surface area (Å²) >= 11 is 1.51. The summed E-state index contributed by atoms with van der Waals surface area (Å²) in [5.41, 5.74) is 2.18. The van der Waals surface area contributed by atoms with Crippen molar-refractivity contribution in [1.82, 2.24) is 10.2 Å². The molecular formula is C30H37N3O4S2. The highest BCUT2D eigenvalue weighted by molar-refractivity contribution is 7.98. The highest BCUT2D eigenvalue weighted by Crippen LogP contribution is 2.26. The minimum absolute atomic E-state index is 0.0534. The van der Waals surface area contributed by atoms with Gasteiger partial charge in [0.05, 0.1) is 10.6 Å². The van der Waals surface area contributed by atoms with Crippen molar-refractivity contribution in [2.24, 2.45) is 0 Å². The zero-order chi connectivity index (χ0) is 28.6. The zero-order valence-corrected chi connectivity index (χ0v) is 24.8. The number of amides is 2. The van der Waals surface area contributed by atoms with Crippen LogP contribution in [0.25, 0.3) is 0 Å². The van der Waals surface area contributed by atoms with Crippen molar-refractivity contribution in [3.63, 3.8) is 0 Å². The number of anilines is 1. The predicted molar refractivity (Wildman–Crippen MR) is 158 cm³/mol. The lowest BCUT2D eigenvalue weighted by Gasteiger charge is -2.32. The van der Waals surface area contributed by atoms with Crippen molar-refractivity contribution >= 4 is 39.3 Å². The molecule has 0 spiro atoms. The second-order valence-corrected chi connectivity index (χ2v) is 12.3. The van der Waals surface area contributed by atoms with Crippen molar-refractivity contribution in [2.75, 3.05) is 17.1 Å². The molecule has 0 bridgehead atoms. The molecule has 2 atom stereocenters. The minimum atomic E-state index is -4.09. The van der Waals surface area contributed by atoms with Crippen molar-refractivity contribution in [3.05, 3.63) is 90.0 Å². The van der Waals surface area contributed by atoms with E-state index in [-0.39, 0.29) is 23.4 Å². The number of nitrogens with zero attached hydrogens (tertiary/aromatic N) is 2. The number of carbonyl (C=O) groups is 2. The standard InChI is InChI=1S/C30H37N3O4S2/c1-6-23(3)31-30(35)24(4)32(20-25-10-8-7-9-11-25)29(34)21-33(26-14-12-22(2)13-15-26)39(36,37)28-18-16-27(38-5)17-19-28/h7-19,23-24H,6,20-21H2,1-5H3,(H,31,35)/t23-,24-/m0/s1. The van der Waals surface area contributed by atoms with Crippen LogP contribution in [0.3, 0.4) is 0 Å². The van der Waals surface area contributed by atoms with Crippen LogP contribution in [-0.2, 0) is 26.2 Å². The second kappa shape index (κ2) is 13.7. The van der Waals surface area contributed by atoms with Gasteiger partial charge in [-0.15, -0.1) is 11.8 Å². The van der Waals surface area contributed by atoms with Gasteiger partial charge in [-0.25, -0.2) is 8.42 Å². The highest BCUT2D eigenvalue weighted by Gasteiger charge is 2.32. The van der Waals surface area contributed by atoms with E-state index in [2.05, 4.69) is 5.32 Å². The Hall–Kier alpha value is -3.30. The van der Waals surface area contributed by atoms with Crippen LogP contribution in [0.2, 0.25) is 0 Å². The van der Waals surface area contributed by atoms with E-state index in [1.54, 1.807) is 43.3 Å². The van der Waals surface area contributed by atoms with E-state index in [1.807, 2.05) is 69.5 Å². The fourth-order valence-electron chi connectivity index (χ4n) is 3.94. The predicted octanol–water partition coefficient (Wildman–Crippen LogP) is 5.24. The summed E-state index contributed by atoms with van der Waals surface area (Å²) in [6.45, 7) is 7.17. The Balaban J connectivity index is 2.00. The lowest BCUT2D eigenvalue weighted by atomic mass is 10.1. The van der Waals surface area contributed by atoms with Gasteiger partial charge >= 0.3 is 0 Å². The van der Waals surface area contributed by atoms with Crippen molar-refractivity contribution in [2.45, 2.75) is 62.5 Å². The van der Waals surface area contributed by atoms with Crippen LogP contribution < -0.4 is 9.62 Å². The van der Waals surface area contributed by atoms with Crippen LogP contribution >= 0.6 is 11.8 Å². The summed E-state index contributed by atoms with van der Waals surface area (Å²) in [6.07, 6.45) is 2.67. The summed E-state index contributed by atoms with van der Waals surface area (Å²) in [5.74, 6) is -0.762. The van der Waals surface area contributed by atoms with Crippen LogP contribution in [0.5, 0.6) is 0 Å². The van der Waals surface area contributed by atoms with E-state index in [0.717, 1.165) is 26.7 Å². The van der Waals surface area contributed by atoms with Gasteiger partial charge in [-0.2, -0.15) is 0 Å². The maximum absolute atomic E-state index is 13.9. The Kier molecular flexibility index (Phi) is 10.6. The van der Waals surface area contributed by atoms with Crippen molar-refractivity contribution in [1.29, 1.82) is 0 Å². The first-order chi connectivity index (χ1) is 18.6. The summed E-state index contributed by atoms with van der Waals surface area (Å²) in [6, 6.07) is 22.1. The van der Waals surface area contributed by atoms with Crippen molar-refractivity contribution in [3.8, 4) is 0 Å². The molecule has 0 saturated carbocycles. The molecule has 0 radical (unpaired) electrons. The van der Waals surface area contributed by atoms with Crippen LogP contribution in [0.4, 0.5) is 5.69 Å². The number of hydrogen-bond donors (Lipinski definition) is 1. The van der Waals surface area contributed by atoms with E-state index in [1.165, 1.54) is 16.7 Å². The molecule has 0 aliphatic rings. The molecule has 0 unspecified atom stereocenters. The summed E-state index contributed by atoms with van der Waals surface area (Å²) in [4.78, 5) is 29.5. The molecule has 208 valence electrons. The molecule has 2 amide bonds. The summed E-state index contributed by atoms with van der Waals surface area (Å²) < 4.78 is 28.9. The van der Waals surface area contributed by atoms with E-state index in [4.69, 9.17) is 0 Å². The molecule has 7 nitrogen and oxygen atoms in total. The molecule has 3 aromatic rings. The van der Waals surface area contributed by atoms with Gasteiger partial charge in [0.1, 0.15) is 12.6 Å². The third-order valence-corrected chi connectivity index (χ3v) is 9.14. The number of carbonyl (C=O) groups excluding carboxylic acids is 2. The lowest BCUT2D eigenvalue weighted by molar-refractivity contribution is -0.139. The highest BCUT2D eigenvalue weighted by atomic mass is 32.2. The molecule has 9 heteroatoms. The Labute approximate surface area is 236 Å². The molecule has 3 aromatic carbocycles. The smallest absolute Gasteiger partial charge is 0.264 e. The largest absolute Gasteiger partial charge is 0.352 e. The molecular weight excluding hydrogens is 530 g/mol. The average molecular weight is 568 g/mol. The van der Waals surface area contributed by atoms with Crippen LogP contribution in [0, 0.1) is 6.92 Å². The summed E-state index contributed by atoms with van der Waals surface area (Å²) in [5, 5.41) is 2.94. The molecule has 3 rings (SSSR count). The van der Waals surface area contributed by atoms with Gasteiger partial charge in [-0.05, 0) is 75.4 Å². The topological polar surface area (TPSA) is 86.8 Å². The van der Waals surface area contributed by atoms with E-state index in [0.29, 0.717) is 5.69 Å². The number of nitrogens with one attached hydrogen (secondary N) is 1. The maximum atomic E-state index is 13.9. The fourth-order valence-corrected chi connectivity index (χ4v) is 5.77. The quantitative estimate of drug-likeness (QED) is 0.302. The normalized spacial score (nSPS) is 12.8.